The molecule has 3 nitrogen and oxygen atoms in total. The largest absolute Gasteiger partial charge is 0.311 e. The van der Waals surface area contributed by atoms with Gasteiger partial charge in [0.25, 0.3) is 5.56 Å². The van der Waals surface area contributed by atoms with E-state index in [1.807, 2.05) is 72.8 Å². The Hall–Kier alpha value is -2.82. The first kappa shape index (κ1) is 27.2. The third-order valence-corrected chi connectivity index (χ3v) is 7.75. The van der Waals surface area contributed by atoms with Gasteiger partial charge in [-0.25, -0.2) is 0 Å². The molecule has 0 amide bonds. The summed E-state index contributed by atoms with van der Waals surface area (Å²) in [7, 11) is 1.79. The number of hydrogen-bond donors (Lipinski definition) is 0. The predicted octanol–water partition coefficient (Wildman–Crippen LogP) is 7.98. The van der Waals surface area contributed by atoms with Crippen molar-refractivity contribution in [3.8, 4) is 0 Å². The molecule has 0 saturated carbocycles. The maximum Gasteiger partial charge on any atom is 0.251 e. The van der Waals surface area contributed by atoms with Crippen LogP contribution < -0.4 is 5.56 Å². The standard InChI is InChI=1S/C30H23Cl3N2O.ClH/c1-35-28-14-11-23(30(33,24-5-3-15-34-19-24)22-9-12-25(31)13-10-22)18-27(28)21(17-29(35)36)8-7-20-4-2-6-26(32)16-20;/h2-6,9-19H,7-8H2,1H3;1H. The average molecular weight is 570 g/mol. The summed E-state index contributed by atoms with van der Waals surface area (Å²) in [6.07, 6.45) is 4.97. The molecule has 1 atom stereocenters. The van der Waals surface area contributed by atoms with E-state index in [9.17, 15) is 4.79 Å². The molecule has 0 fully saturated rings. The molecule has 0 spiro atoms. The second-order valence-electron chi connectivity index (χ2n) is 8.84. The molecule has 0 N–H and O–H groups in total. The molecule has 188 valence electrons. The van der Waals surface area contributed by atoms with Gasteiger partial charge in [-0.2, -0.15) is 0 Å². The van der Waals surface area contributed by atoms with Crippen LogP contribution in [0.2, 0.25) is 10.0 Å². The molecular weight excluding hydrogens is 546 g/mol. The third kappa shape index (κ3) is 5.42. The third-order valence-electron chi connectivity index (χ3n) is 6.60. The van der Waals surface area contributed by atoms with E-state index >= 15 is 0 Å². The number of alkyl halides is 1. The van der Waals surface area contributed by atoms with Gasteiger partial charge in [-0.3, -0.25) is 9.78 Å². The van der Waals surface area contributed by atoms with E-state index in [4.69, 9.17) is 34.8 Å². The van der Waals surface area contributed by atoms with Crippen LogP contribution in [0, 0.1) is 0 Å². The highest BCUT2D eigenvalue weighted by Gasteiger charge is 2.35. The Balaban J connectivity index is 0.00000320. The Bertz CT molecular complexity index is 1600. The van der Waals surface area contributed by atoms with Crippen molar-refractivity contribution in [2.75, 3.05) is 0 Å². The molecule has 0 bridgehead atoms. The monoisotopic (exact) mass is 568 g/mol. The minimum atomic E-state index is -0.994. The topological polar surface area (TPSA) is 34.9 Å². The van der Waals surface area contributed by atoms with Gasteiger partial charge in [0, 0.05) is 46.5 Å². The molecule has 0 aliphatic carbocycles. The normalized spacial score (nSPS) is 12.6. The van der Waals surface area contributed by atoms with Crippen LogP contribution in [0.3, 0.4) is 0 Å². The second kappa shape index (κ2) is 11.3. The molecule has 0 aliphatic heterocycles. The zero-order valence-corrected chi connectivity index (χ0v) is 23.1. The highest BCUT2D eigenvalue weighted by atomic mass is 35.5. The van der Waals surface area contributed by atoms with E-state index in [2.05, 4.69) is 11.1 Å². The molecule has 0 aliphatic rings. The van der Waals surface area contributed by atoms with Crippen molar-refractivity contribution in [3.63, 3.8) is 0 Å². The molecule has 5 aromatic rings. The van der Waals surface area contributed by atoms with Gasteiger partial charge in [0.1, 0.15) is 4.87 Å². The number of halogens is 4. The number of hydrogen-bond acceptors (Lipinski definition) is 2. The summed E-state index contributed by atoms with van der Waals surface area (Å²) in [5.74, 6) is 0. The fraction of sp³-hybridized carbons (Fsp3) is 0.133. The Morgan fingerprint density at radius 2 is 1.57 bits per heavy atom. The summed E-state index contributed by atoms with van der Waals surface area (Å²) < 4.78 is 1.67. The first-order chi connectivity index (χ1) is 17.4. The van der Waals surface area contributed by atoms with Crippen LogP contribution in [0.15, 0.2) is 102 Å². The highest BCUT2D eigenvalue weighted by Crippen LogP contribution is 2.44. The summed E-state index contributed by atoms with van der Waals surface area (Å²) in [5.41, 5.74) is 5.51. The fourth-order valence-corrected chi connectivity index (χ4v) is 5.36. The lowest BCUT2D eigenvalue weighted by molar-refractivity contribution is 0.863. The molecule has 1 unspecified atom stereocenters. The van der Waals surface area contributed by atoms with E-state index < -0.39 is 4.87 Å². The first-order valence-corrected chi connectivity index (χ1v) is 12.7. The second-order valence-corrected chi connectivity index (χ2v) is 10.3. The minimum Gasteiger partial charge on any atom is -0.311 e. The van der Waals surface area contributed by atoms with Gasteiger partial charge in [0.2, 0.25) is 0 Å². The molecule has 37 heavy (non-hydrogen) atoms. The maximum atomic E-state index is 12.8. The quantitative estimate of drug-likeness (QED) is 0.194. The van der Waals surface area contributed by atoms with Crippen molar-refractivity contribution < 1.29 is 0 Å². The Kier molecular flexibility index (Phi) is 8.30. The van der Waals surface area contributed by atoms with Crippen LogP contribution in [0.5, 0.6) is 0 Å². The summed E-state index contributed by atoms with van der Waals surface area (Å²) >= 11 is 19.9. The number of rotatable bonds is 6. The Labute approximate surface area is 237 Å². The lowest BCUT2D eigenvalue weighted by Gasteiger charge is -2.29. The van der Waals surface area contributed by atoms with Gasteiger partial charge in [0.05, 0.1) is 5.52 Å². The van der Waals surface area contributed by atoms with E-state index in [1.165, 1.54) is 0 Å². The average Bonchev–Trinajstić information content (AvgIpc) is 2.90. The molecule has 7 heteroatoms. The van der Waals surface area contributed by atoms with E-state index in [-0.39, 0.29) is 18.0 Å². The summed E-state index contributed by atoms with van der Waals surface area (Å²) in [4.78, 5) is 16.1. The van der Waals surface area contributed by atoms with Crippen LogP contribution in [0.1, 0.15) is 27.8 Å². The van der Waals surface area contributed by atoms with Gasteiger partial charge < -0.3 is 4.57 Å². The Morgan fingerprint density at radius 3 is 2.27 bits per heavy atom. The number of benzene rings is 3. The molecular formula is C30H24Cl4N2O. The van der Waals surface area contributed by atoms with E-state index in [1.54, 1.807) is 30.1 Å². The first-order valence-electron chi connectivity index (χ1n) is 11.6. The van der Waals surface area contributed by atoms with E-state index in [0.29, 0.717) is 16.5 Å². The van der Waals surface area contributed by atoms with Gasteiger partial charge in [-0.05, 0) is 77.6 Å². The lowest BCUT2D eigenvalue weighted by Crippen LogP contribution is -2.23. The Morgan fingerprint density at radius 1 is 0.811 bits per heavy atom. The van der Waals surface area contributed by atoms with Crippen LogP contribution in [-0.2, 0) is 24.8 Å². The van der Waals surface area contributed by atoms with Gasteiger partial charge in [-0.1, -0.05) is 59.6 Å². The van der Waals surface area contributed by atoms with Crippen molar-refractivity contribution in [2.24, 2.45) is 7.05 Å². The molecule has 0 radical (unpaired) electrons. The summed E-state index contributed by atoms with van der Waals surface area (Å²) in [6.45, 7) is 0. The number of aryl methyl sites for hydroxylation is 3. The van der Waals surface area contributed by atoms with Crippen LogP contribution >= 0.6 is 47.2 Å². The van der Waals surface area contributed by atoms with Gasteiger partial charge in [-0.15, -0.1) is 24.0 Å². The van der Waals surface area contributed by atoms with Crippen LogP contribution in [0.25, 0.3) is 10.9 Å². The zero-order chi connectivity index (χ0) is 25.3. The molecule has 5 rings (SSSR count). The SMILES string of the molecule is Cl.Cn1c(=O)cc(CCc2cccc(Cl)c2)c2cc(C(Cl)(c3ccc(Cl)cc3)c3cccnc3)ccc21. The van der Waals surface area contributed by atoms with Crippen molar-refractivity contribution >= 4 is 58.1 Å². The number of pyridine rings is 2. The van der Waals surface area contributed by atoms with Crippen molar-refractivity contribution in [2.45, 2.75) is 17.7 Å². The van der Waals surface area contributed by atoms with Gasteiger partial charge >= 0.3 is 0 Å². The molecule has 0 saturated heterocycles. The van der Waals surface area contributed by atoms with Crippen molar-refractivity contribution in [1.29, 1.82) is 0 Å². The minimum absolute atomic E-state index is 0. The van der Waals surface area contributed by atoms with Crippen LogP contribution in [0.4, 0.5) is 0 Å². The smallest absolute Gasteiger partial charge is 0.251 e. The number of fused-ring (bicyclic) bond motifs is 1. The lowest BCUT2D eigenvalue weighted by atomic mass is 9.84. The van der Waals surface area contributed by atoms with Crippen molar-refractivity contribution in [3.05, 3.63) is 146 Å². The summed E-state index contributed by atoms with van der Waals surface area (Å²) in [6, 6.07) is 27.0. The van der Waals surface area contributed by atoms with E-state index in [0.717, 1.165) is 45.1 Å². The highest BCUT2D eigenvalue weighted by molar-refractivity contribution is 6.31. The molecule has 2 heterocycles. The summed E-state index contributed by atoms with van der Waals surface area (Å²) in [5, 5.41) is 2.33. The van der Waals surface area contributed by atoms with Crippen molar-refractivity contribution in [1.82, 2.24) is 9.55 Å². The van der Waals surface area contributed by atoms with Gasteiger partial charge in [0.15, 0.2) is 0 Å². The fourth-order valence-electron chi connectivity index (χ4n) is 4.67. The molecule has 3 aromatic carbocycles. The number of nitrogens with zero attached hydrogens (tertiary/aromatic N) is 2. The number of aromatic nitrogens is 2. The maximum absolute atomic E-state index is 12.8. The predicted molar refractivity (Wildman–Crippen MR) is 157 cm³/mol. The van der Waals surface area contributed by atoms with Crippen LogP contribution in [-0.4, -0.2) is 9.55 Å². The zero-order valence-electron chi connectivity index (χ0n) is 20.0. The molecule has 2 aromatic heterocycles.